The fourth-order valence-electron chi connectivity index (χ4n) is 2.60. The highest BCUT2D eigenvalue weighted by Crippen LogP contribution is 2.25. The number of nitrogens with one attached hydrogen (secondary N) is 1. The second kappa shape index (κ2) is 8.12. The number of carbonyl (C=O) groups is 1. The van der Waals surface area contributed by atoms with Crippen LogP contribution in [0.3, 0.4) is 0 Å². The molecule has 0 fully saturated rings. The Labute approximate surface area is 160 Å². The van der Waals surface area contributed by atoms with Gasteiger partial charge in [-0.15, -0.1) is 0 Å². The molecular formula is C23H25NO3. The van der Waals surface area contributed by atoms with Crippen molar-refractivity contribution in [3.63, 3.8) is 0 Å². The largest absolute Gasteiger partial charge is 0.463 e. The summed E-state index contributed by atoms with van der Waals surface area (Å²) in [5.41, 5.74) is 2.78. The van der Waals surface area contributed by atoms with Crippen LogP contribution in [0.25, 0.3) is 6.08 Å². The van der Waals surface area contributed by atoms with E-state index in [0.717, 1.165) is 24.0 Å². The molecule has 1 aliphatic carbocycles. The predicted octanol–water partition coefficient (Wildman–Crippen LogP) is 5.44. The lowest BCUT2D eigenvalue weighted by atomic mass is 9.95. The van der Waals surface area contributed by atoms with Gasteiger partial charge in [0.1, 0.15) is 6.26 Å². The number of hydrogen-bond donors (Lipinski definition) is 1. The van der Waals surface area contributed by atoms with Crippen molar-refractivity contribution >= 4 is 12.0 Å². The van der Waals surface area contributed by atoms with Crippen molar-refractivity contribution in [2.45, 2.75) is 33.6 Å². The van der Waals surface area contributed by atoms with Gasteiger partial charge in [-0.2, -0.15) is 0 Å². The van der Waals surface area contributed by atoms with Gasteiger partial charge in [0.25, 0.3) is 5.91 Å². The molecule has 27 heavy (non-hydrogen) atoms. The third-order valence-corrected chi connectivity index (χ3v) is 4.09. The molecule has 1 amide bonds. The number of ether oxygens (including phenoxy) is 2. The van der Waals surface area contributed by atoms with Gasteiger partial charge in [-0.3, -0.25) is 10.1 Å². The van der Waals surface area contributed by atoms with Gasteiger partial charge in [0, 0.05) is 5.56 Å². The zero-order chi connectivity index (χ0) is 19.3. The molecule has 3 rings (SSSR count). The molecule has 0 radical (unpaired) electrons. The van der Waals surface area contributed by atoms with Crippen molar-refractivity contribution in [3.8, 4) is 0 Å². The molecule has 1 N–H and O–H groups in total. The Morgan fingerprint density at radius 1 is 1.15 bits per heavy atom. The Kier molecular flexibility index (Phi) is 5.65. The molecule has 0 bridgehead atoms. The summed E-state index contributed by atoms with van der Waals surface area (Å²) in [4.78, 5) is 12.5. The van der Waals surface area contributed by atoms with Crippen LogP contribution < -0.4 is 5.32 Å². The Morgan fingerprint density at radius 2 is 1.93 bits per heavy atom. The maximum atomic E-state index is 12.5. The first kappa shape index (κ1) is 18.8. The zero-order valence-electron chi connectivity index (χ0n) is 16.0. The lowest BCUT2D eigenvalue weighted by molar-refractivity contribution is 0.0925. The van der Waals surface area contributed by atoms with Gasteiger partial charge in [0.2, 0.25) is 5.88 Å². The van der Waals surface area contributed by atoms with Crippen LogP contribution in [-0.2, 0) is 9.47 Å². The average molecular weight is 363 g/mol. The third-order valence-electron chi connectivity index (χ3n) is 4.09. The van der Waals surface area contributed by atoms with E-state index in [4.69, 9.17) is 9.47 Å². The third kappa shape index (κ3) is 5.48. The number of hydrogen-bond acceptors (Lipinski definition) is 3. The molecule has 1 aliphatic heterocycles. The SMILES string of the molecule is CC(C)(C)C=Cc1ccc(C(=O)NC2=COC=C(C3=CC=CCC3)O2)cc1. The van der Waals surface area contributed by atoms with Crippen LogP contribution >= 0.6 is 0 Å². The molecule has 1 aromatic rings. The van der Waals surface area contributed by atoms with Crippen LogP contribution in [-0.4, -0.2) is 5.91 Å². The minimum atomic E-state index is -0.241. The van der Waals surface area contributed by atoms with E-state index in [9.17, 15) is 4.79 Å². The number of carbonyl (C=O) groups excluding carboxylic acids is 1. The fraction of sp³-hybridized carbons (Fsp3) is 0.261. The fourth-order valence-corrected chi connectivity index (χ4v) is 2.60. The van der Waals surface area contributed by atoms with Crippen molar-refractivity contribution in [2.24, 2.45) is 5.41 Å². The molecule has 140 valence electrons. The van der Waals surface area contributed by atoms with Gasteiger partial charge in [-0.1, -0.05) is 63.3 Å². The van der Waals surface area contributed by atoms with Crippen LogP contribution in [0.5, 0.6) is 0 Å². The first-order valence-electron chi connectivity index (χ1n) is 9.11. The number of allylic oxidation sites excluding steroid dienone is 5. The summed E-state index contributed by atoms with van der Waals surface area (Å²) in [6.45, 7) is 6.44. The van der Waals surface area contributed by atoms with Crippen molar-refractivity contribution < 1.29 is 14.3 Å². The quantitative estimate of drug-likeness (QED) is 0.775. The first-order chi connectivity index (χ1) is 12.9. The van der Waals surface area contributed by atoms with Gasteiger partial charge in [0.15, 0.2) is 12.0 Å². The second-order valence-electron chi connectivity index (χ2n) is 7.64. The molecule has 4 heteroatoms. The standard InChI is InChI=1S/C23H25NO3/c1-23(2,3)14-13-17-9-11-19(12-10-17)22(25)24-21-16-26-15-20(27-21)18-7-5-4-6-8-18/h4-5,7,9-16H,6,8H2,1-3H3,(H,24,25). The summed E-state index contributed by atoms with van der Waals surface area (Å²) in [5.74, 6) is 0.666. The summed E-state index contributed by atoms with van der Waals surface area (Å²) >= 11 is 0. The van der Waals surface area contributed by atoms with Gasteiger partial charge in [0.05, 0.1) is 0 Å². The van der Waals surface area contributed by atoms with Gasteiger partial charge in [-0.05, 0) is 41.5 Å². The van der Waals surface area contributed by atoms with E-state index < -0.39 is 0 Å². The molecule has 0 saturated heterocycles. The first-order valence-corrected chi connectivity index (χ1v) is 9.11. The Bertz CT molecular complexity index is 847. The number of amides is 1. The molecule has 0 atom stereocenters. The minimum Gasteiger partial charge on any atom is -0.463 e. The van der Waals surface area contributed by atoms with Gasteiger partial charge < -0.3 is 9.47 Å². The van der Waals surface area contributed by atoms with Crippen LogP contribution in [0.15, 0.2) is 78.3 Å². The Balaban J connectivity index is 1.60. The van der Waals surface area contributed by atoms with Crippen LogP contribution in [0.1, 0.15) is 49.5 Å². The number of rotatable bonds is 4. The second-order valence-corrected chi connectivity index (χ2v) is 7.64. The maximum absolute atomic E-state index is 12.5. The van der Waals surface area contributed by atoms with E-state index in [2.05, 4.69) is 44.3 Å². The van der Waals surface area contributed by atoms with Crippen molar-refractivity contribution in [2.75, 3.05) is 0 Å². The van der Waals surface area contributed by atoms with Crippen molar-refractivity contribution in [1.29, 1.82) is 0 Å². The molecule has 0 spiro atoms. The zero-order valence-corrected chi connectivity index (χ0v) is 16.0. The van der Waals surface area contributed by atoms with Gasteiger partial charge in [-0.25, -0.2) is 0 Å². The highest BCUT2D eigenvalue weighted by molar-refractivity contribution is 5.95. The monoisotopic (exact) mass is 363 g/mol. The summed E-state index contributed by atoms with van der Waals surface area (Å²) < 4.78 is 11.1. The van der Waals surface area contributed by atoms with Crippen molar-refractivity contribution in [3.05, 3.63) is 89.4 Å². The van der Waals surface area contributed by atoms with Gasteiger partial charge >= 0.3 is 0 Å². The van der Waals surface area contributed by atoms with Crippen molar-refractivity contribution in [1.82, 2.24) is 5.32 Å². The lowest BCUT2D eigenvalue weighted by Crippen LogP contribution is -2.25. The summed E-state index contributed by atoms with van der Waals surface area (Å²) in [7, 11) is 0. The lowest BCUT2D eigenvalue weighted by Gasteiger charge is -2.19. The highest BCUT2D eigenvalue weighted by atomic mass is 16.6. The Morgan fingerprint density at radius 3 is 2.59 bits per heavy atom. The molecule has 0 aromatic heterocycles. The van der Waals surface area contributed by atoms with E-state index in [1.54, 1.807) is 18.4 Å². The smallest absolute Gasteiger partial charge is 0.258 e. The summed E-state index contributed by atoms with van der Waals surface area (Å²) in [6, 6.07) is 7.45. The molecule has 1 heterocycles. The predicted molar refractivity (Wildman–Crippen MR) is 107 cm³/mol. The molecule has 4 nitrogen and oxygen atoms in total. The molecule has 0 unspecified atom stereocenters. The molecule has 2 aliphatic rings. The van der Waals surface area contributed by atoms with E-state index in [-0.39, 0.29) is 17.2 Å². The number of benzene rings is 1. The Hall–Kier alpha value is -3.01. The topological polar surface area (TPSA) is 47.6 Å². The summed E-state index contributed by atoms with van der Waals surface area (Å²) in [5, 5.41) is 2.75. The van der Waals surface area contributed by atoms with E-state index in [1.165, 1.54) is 6.26 Å². The normalized spacial score (nSPS) is 16.8. The minimum absolute atomic E-state index is 0.121. The molecular weight excluding hydrogens is 338 g/mol. The highest BCUT2D eigenvalue weighted by Gasteiger charge is 2.17. The van der Waals surface area contributed by atoms with Crippen LogP contribution in [0.2, 0.25) is 0 Å². The molecule has 1 aromatic carbocycles. The van der Waals surface area contributed by atoms with Crippen LogP contribution in [0.4, 0.5) is 0 Å². The average Bonchev–Trinajstić information content (AvgIpc) is 2.67. The van der Waals surface area contributed by atoms with E-state index in [0.29, 0.717) is 11.3 Å². The summed E-state index contributed by atoms with van der Waals surface area (Å²) in [6.07, 6.45) is 15.1. The molecule has 0 saturated carbocycles. The van der Waals surface area contributed by atoms with E-state index in [1.807, 2.05) is 24.3 Å². The maximum Gasteiger partial charge on any atom is 0.258 e. The van der Waals surface area contributed by atoms with E-state index >= 15 is 0 Å². The van der Waals surface area contributed by atoms with Crippen LogP contribution in [0, 0.1) is 5.41 Å².